The highest BCUT2D eigenvalue weighted by Crippen LogP contribution is 2.28. The molecule has 0 saturated heterocycles. The highest BCUT2D eigenvalue weighted by molar-refractivity contribution is 5.82. The van der Waals surface area contributed by atoms with Crippen molar-refractivity contribution in [2.75, 3.05) is 6.54 Å². The number of halogens is 1. The molecule has 1 unspecified atom stereocenters. The average molecular weight is 274 g/mol. The Balaban J connectivity index is 2.48. The highest BCUT2D eigenvalue weighted by Gasteiger charge is 2.39. The van der Waals surface area contributed by atoms with Crippen molar-refractivity contribution in [1.82, 2.24) is 4.98 Å². The minimum atomic E-state index is -1.36. The molecular formula is C15H15FN2O2. The van der Waals surface area contributed by atoms with E-state index in [-0.39, 0.29) is 13.0 Å². The van der Waals surface area contributed by atoms with Crippen LogP contribution < -0.4 is 5.73 Å². The number of carboxylic acids is 1. The Morgan fingerprint density at radius 3 is 2.70 bits per heavy atom. The first kappa shape index (κ1) is 14.1. The van der Waals surface area contributed by atoms with Gasteiger partial charge < -0.3 is 10.8 Å². The van der Waals surface area contributed by atoms with Crippen LogP contribution in [0.3, 0.4) is 0 Å². The van der Waals surface area contributed by atoms with Crippen LogP contribution in [-0.4, -0.2) is 22.6 Å². The van der Waals surface area contributed by atoms with Gasteiger partial charge >= 0.3 is 5.97 Å². The third-order valence-corrected chi connectivity index (χ3v) is 3.36. The van der Waals surface area contributed by atoms with Gasteiger partial charge in [0.1, 0.15) is 11.2 Å². The minimum Gasteiger partial charge on any atom is -0.481 e. The number of carbonyl (C=O) groups is 1. The molecule has 0 aliphatic heterocycles. The molecule has 0 radical (unpaired) electrons. The number of hydrogen-bond acceptors (Lipinski definition) is 3. The molecule has 1 atom stereocenters. The van der Waals surface area contributed by atoms with E-state index in [1.54, 1.807) is 30.6 Å². The van der Waals surface area contributed by atoms with E-state index >= 15 is 0 Å². The summed E-state index contributed by atoms with van der Waals surface area (Å²) in [6.07, 6.45) is 3.36. The quantitative estimate of drug-likeness (QED) is 0.870. The van der Waals surface area contributed by atoms with Crippen LogP contribution in [0.25, 0.3) is 0 Å². The second kappa shape index (κ2) is 5.79. The van der Waals surface area contributed by atoms with Crippen molar-refractivity contribution in [2.45, 2.75) is 11.8 Å². The first-order valence-electron chi connectivity index (χ1n) is 6.17. The largest absolute Gasteiger partial charge is 0.481 e. The Hall–Kier alpha value is -2.27. The van der Waals surface area contributed by atoms with E-state index in [1.807, 2.05) is 0 Å². The lowest BCUT2D eigenvalue weighted by Gasteiger charge is -2.28. The number of carboxylic acid groups (broad SMARTS) is 1. The number of hydrogen-bond donors (Lipinski definition) is 2. The number of benzene rings is 1. The molecule has 5 heteroatoms. The van der Waals surface area contributed by atoms with Crippen molar-refractivity contribution in [3.05, 3.63) is 65.7 Å². The molecule has 0 aliphatic carbocycles. The zero-order chi connectivity index (χ0) is 14.6. The van der Waals surface area contributed by atoms with Crippen molar-refractivity contribution in [1.29, 1.82) is 0 Å². The number of aromatic nitrogens is 1. The third kappa shape index (κ3) is 2.67. The normalized spacial score (nSPS) is 13.7. The van der Waals surface area contributed by atoms with Gasteiger partial charge in [0.2, 0.25) is 0 Å². The lowest BCUT2D eigenvalue weighted by Crippen LogP contribution is -2.45. The van der Waals surface area contributed by atoms with E-state index in [2.05, 4.69) is 4.98 Å². The van der Waals surface area contributed by atoms with Gasteiger partial charge in [-0.05, 0) is 35.7 Å². The van der Waals surface area contributed by atoms with Gasteiger partial charge in [-0.3, -0.25) is 9.78 Å². The summed E-state index contributed by atoms with van der Waals surface area (Å²) in [5.74, 6) is -1.55. The van der Waals surface area contributed by atoms with Crippen LogP contribution in [0.15, 0.2) is 48.8 Å². The Kier molecular flexibility index (Phi) is 4.10. The molecule has 0 bridgehead atoms. The second-order valence-electron chi connectivity index (χ2n) is 4.64. The summed E-state index contributed by atoms with van der Waals surface area (Å²) in [5, 5.41) is 9.61. The molecule has 104 valence electrons. The van der Waals surface area contributed by atoms with Gasteiger partial charge in [-0.15, -0.1) is 0 Å². The standard InChI is InChI=1S/C15H15FN2O2/c16-13-5-1-4-12(7-13)15(10-17,14(19)20)8-11-3-2-6-18-9-11/h1-7,9H,8,10,17H2,(H,19,20). The molecule has 1 heterocycles. The number of rotatable bonds is 5. The molecule has 0 amide bonds. The molecule has 4 nitrogen and oxygen atoms in total. The highest BCUT2D eigenvalue weighted by atomic mass is 19.1. The lowest BCUT2D eigenvalue weighted by atomic mass is 9.76. The van der Waals surface area contributed by atoms with Crippen molar-refractivity contribution in [3.8, 4) is 0 Å². The summed E-state index contributed by atoms with van der Waals surface area (Å²) < 4.78 is 13.4. The number of aliphatic carboxylic acids is 1. The Morgan fingerprint density at radius 1 is 1.35 bits per heavy atom. The van der Waals surface area contributed by atoms with Gasteiger partial charge in [0, 0.05) is 18.9 Å². The van der Waals surface area contributed by atoms with E-state index in [0.29, 0.717) is 5.56 Å². The lowest BCUT2D eigenvalue weighted by molar-refractivity contribution is -0.143. The number of nitrogens with zero attached hydrogens (tertiary/aromatic N) is 1. The Morgan fingerprint density at radius 2 is 2.15 bits per heavy atom. The van der Waals surface area contributed by atoms with E-state index < -0.39 is 17.2 Å². The van der Waals surface area contributed by atoms with E-state index in [1.165, 1.54) is 18.2 Å². The predicted octanol–water partition coefficient (Wildman–Crippen LogP) is 1.74. The Labute approximate surface area is 116 Å². The van der Waals surface area contributed by atoms with Crippen molar-refractivity contribution in [3.63, 3.8) is 0 Å². The van der Waals surface area contributed by atoms with E-state index in [9.17, 15) is 14.3 Å². The molecule has 0 spiro atoms. The minimum absolute atomic E-state index is 0.124. The molecule has 3 N–H and O–H groups in total. The summed E-state index contributed by atoms with van der Waals surface area (Å²) >= 11 is 0. The van der Waals surface area contributed by atoms with Crippen LogP contribution in [0, 0.1) is 5.82 Å². The monoisotopic (exact) mass is 274 g/mol. The molecule has 2 rings (SSSR count). The third-order valence-electron chi connectivity index (χ3n) is 3.36. The van der Waals surface area contributed by atoms with Crippen molar-refractivity contribution in [2.24, 2.45) is 5.73 Å². The van der Waals surface area contributed by atoms with Gasteiger partial charge in [0.05, 0.1) is 0 Å². The van der Waals surface area contributed by atoms with Gasteiger partial charge in [-0.1, -0.05) is 18.2 Å². The molecule has 0 aliphatic rings. The molecule has 0 saturated carbocycles. The van der Waals surface area contributed by atoms with Crippen LogP contribution in [-0.2, 0) is 16.6 Å². The molecule has 1 aromatic heterocycles. The maximum atomic E-state index is 13.4. The van der Waals surface area contributed by atoms with Gasteiger partial charge in [0.15, 0.2) is 0 Å². The smallest absolute Gasteiger partial charge is 0.315 e. The number of nitrogens with two attached hydrogens (primary N) is 1. The summed E-state index contributed by atoms with van der Waals surface area (Å²) in [5.41, 5.74) is 5.46. The summed E-state index contributed by atoms with van der Waals surface area (Å²) in [6.45, 7) is -0.124. The van der Waals surface area contributed by atoms with Crippen LogP contribution in [0.5, 0.6) is 0 Å². The van der Waals surface area contributed by atoms with Crippen LogP contribution in [0.1, 0.15) is 11.1 Å². The molecule has 1 aromatic carbocycles. The zero-order valence-electron chi connectivity index (χ0n) is 10.8. The second-order valence-corrected chi connectivity index (χ2v) is 4.64. The van der Waals surface area contributed by atoms with Crippen LogP contribution >= 0.6 is 0 Å². The Bertz CT molecular complexity index is 604. The average Bonchev–Trinajstić information content (AvgIpc) is 2.45. The van der Waals surface area contributed by atoms with Crippen LogP contribution in [0.4, 0.5) is 4.39 Å². The molecule has 20 heavy (non-hydrogen) atoms. The number of pyridine rings is 1. The first-order chi connectivity index (χ1) is 9.58. The van der Waals surface area contributed by atoms with Gasteiger partial charge in [0.25, 0.3) is 0 Å². The fourth-order valence-electron chi connectivity index (χ4n) is 2.22. The molecule has 0 fully saturated rings. The summed E-state index contributed by atoms with van der Waals surface area (Å²) in [7, 11) is 0. The summed E-state index contributed by atoms with van der Waals surface area (Å²) in [4.78, 5) is 15.7. The first-order valence-corrected chi connectivity index (χ1v) is 6.17. The maximum absolute atomic E-state index is 13.4. The van der Waals surface area contributed by atoms with E-state index in [0.717, 1.165) is 5.56 Å². The fourth-order valence-corrected chi connectivity index (χ4v) is 2.22. The summed E-state index contributed by atoms with van der Waals surface area (Å²) in [6, 6.07) is 9.07. The van der Waals surface area contributed by atoms with Crippen molar-refractivity contribution >= 4 is 5.97 Å². The molecule has 2 aromatic rings. The van der Waals surface area contributed by atoms with Gasteiger partial charge in [-0.25, -0.2) is 4.39 Å². The van der Waals surface area contributed by atoms with Gasteiger partial charge in [-0.2, -0.15) is 0 Å². The fraction of sp³-hybridized carbons (Fsp3) is 0.200. The maximum Gasteiger partial charge on any atom is 0.315 e. The van der Waals surface area contributed by atoms with Crippen molar-refractivity contribution < 1.29 is 14.3 Å². The topological polar surface area (TPSA) is 76.2 Å². The van der Waals surface area contributed by atoms with Crippen LogP contribution in [0.2, 0.25) is 0 Å². The molecular weight excluding hydrogens is 259 g/mol. The zero-order valence-corrected chi connectivity index (χ0v) is 10.8. The van der Waals surface area contributed by atoms with E-state index in [4.69, 9.17) is 5.73 Å². The predicted molar refractivity (Wildman–Crippen MR) is 72.7 cm³/mol. The SMILES string of the molecule is NCC(Cc1cccnc1)(C(=O)O)c1cccc(F)c1.